The number of fused-ring (bicyclic) bond motifs is 3. The van der Waals surface area contributed by atoms with Crippen LogP contribution in [0.3, 0.4) is 0 Å². The summed E-state index contributed by atoms with van der Waals surface area (Å²) in [6.07, 6.45) is 20.8. The molecule has 4 heteroatoms. The predicted molar refractivity (Wildman–Crippen MR) is 100 cm³/mol. The van der Waals surface area contributed by atoms with Gasteiger partial charge in [-0.1, -0.05) is 0 Å². The number of benzene rings is 1. The third-order valence-corrected chi connectivity index (χ3v) is 4.99. The van der Waals surface area contributed by atoms with Crippen molar-refractivity contribution in [3.8, 4) is 5.75 Å². The summed E-state index contributed by atoms with van der Waals surface area (Å²) in [5.41, 5.74) is 7.17. The topological polar surface area (TPSA) is 33.6 Å². The summed E-state index contributed by atoms with van der Waals surface area (Å²) in [4.78, 5) is 0. The van der Waals surface area contributed by atoms with E-state index in [9.17, 15) is 0 Å². The first-order chi connectivity index (χ1) is 12.4. The fourth-order valence-corrected chi connectivity index (χ4v) is 3.72. The zero-order valence-corrected chi connectivity index (χ0v) is 15.8. The Morgan fingerprint density at radius 2 is 1.69 bits per heavy atom. The summed E-state index contributed by atoms with van der Waals surface area (Å²) in [5.74, 6) is 2.75. The molecule has 2 unspecified atom stereocenters. The summed E-state index contributed by atoms with van der Waals surface area (Å²) in [6.45, 7) is 0. The molecule has 0 saturated heterocycles. The van der Waals surface area contributed by atoms with E-state index in [1.165, 1.54) is 22.8 Å². The van der Waals surface area contributed by atoms with Gasteiger partial charge in [0.05, 0.1) is 18.9 Å². The van der Waals surface area contributed by atoms with Crippen molar-refractivity contribution >= 4 is 5.71 Å². The molecule has 3 nitrogen and oxygen atoms in total. The van der Waals surface area contributed by atoms with E-state index in [0.717, 1.165) is 18.6 Å². The van der Waals surface area contributed by atoms with E-state index in [1.54, 1.807) is 7.11 Å². The number of hydrogen-bond acceptors (Lipinski definition) is 3. The maximum absolute atomic E-state index is 5.32. The molecule has 2 saturated carbocycles. The van der Waals surface area contributed by atoms with Crippen LogP contribution in [-0.4, -0.2) is 18.9 Å². The Kier molecular flexibility index (Phi) is 7.05. The Balaban J connectivity index is 0.000000285. The van der Waals surface area contributed by atoms with E-state index in [1.807, 2.05) is 38.2 Å². The number of methoxy groups -OCH3 is 1. The molecule has 0 spiro atoms. The van der Waals surface area contributed by atoms with Gasteiger partial charge in [-0.25, -0.2) is 0 Å². The molecule has 132 valence electrons. The molecular weight excluding hydrogens is 364 g/mol. The Morgan fingerprint density at radius 1 is 1.00 bits per heavy atom. The molecule has 3 aliphatic carbocycles. The van der Waals surface area contributed by atoms with Gasteiger partial charge in [0, 0.05) is 17.4 Å². The van der Waals surface area contributed by atoms with E-state index >= 15 is 0 Å². The van der Waals surface area contributed by atoms with Gasteiger partial charge in [-0.2, -0.15) is 5.10 Å². The van der Waals surface area contributed by atoms with Crippen LogP contribution < -0.4 is 10.2 Å². The molecule has 4 aliphatic rings. The Hall–Kier alpha value is -0.991. The molecular formula is C22H22FeN2O+2. The molecule has 26 heavy (non-hydrogen) atoms. The molecule has 5 rings (SSSR count). The molecule has 1 aromatic rings. The van der Waals surface area contributed by atoms with Crippen LogP contribution in [0.15, 0.2) is 23.3 Å². The number of nitrogens with one attached hydrogen (secondary N) is 1. The zero-order chi connectivity index (χ0) is 17.1. The second-order valence-corrected chi connectivity index (χ2v) is 6.45. The van der Waals surface area contributed by atoms with Crippen LogP contribution in [0.2, 0.25) is 0 Å². The van der Waals surface area contributed by atoms with Gasteiger partial charge in [0.2, 0.25) is 0 Å². The molecule has 0 aromatic heterocycles. The van der Waals surface area contributed by atoms with E-state index in [2.05, 4.69) is 48.3 Å². The molecule has 1 aliphatic heterocycles. The van der Waals surface area contributed by atoms with Gasteiger partial charge in [0.1, 0.15) is 5.75 Å². The number of rotatable bonds is 2. The van der Waals surface area contributed by atoms with Crippen molar-refractivity contribution in [1.82, 2.24) is 5.43 Å². The molecule has 1 heterocycles. The third-order valence-electron chi connectivity index (χ3n) is 4.99. The summed E-state index contributed by atoms with van der Waals surface area (Å²) >= 11 is 0. The van der Waals surface area contributed by atoms with Crippen LogP contribution in [0.25, 0.3) is 0 Å². The van der Waals surface area contributed by atoms with Crippen molar-refractivity contribution < 1.29 is 21.8 Å². The maximum atomic E-state index is 5.32. The molecule has 2 atom stereocenters. The minimum atomic E-state index is 0. The second-order valence-electron chi connectivity index (χ2n) is 6.45. The minimum Gasteiger partial charge on any atom is -0.497 e. The predicted octanol–water partition coefficient (Wildman–Crippen LogP) is 3.36. The van der Waals surface area contributed by atoms with E-state index in [0.29, 0.717) is 12.0 Å². The van der Waals surface area contributed by atoms with Gasteiger partial charge in [0.25, 0.3) is 0 Å². The van der Waals surface area contributed by atoms with Crippen molar-refractivity contribution in [1.29, 1.82) is 0 Å². The Labute approximate surface area is 168 Å². The van der Waals surface area contributed by atoms with Crippen LogP contribution in [0.1, 0.15) is 17.5 Å². The second kappa shape index (κ2) is 9.28. The van der Waals surface area contributed by atoms with Gasteiger partial charge in [-0.15, -0.1) is 0 Å². The van der Waals surface area contributed by atoms with Crippen molar-refractivity contribution in [2.75, 3.05) is 7.11 Å². The summed E-state index contributed by atoms with van der Waals surface area (Å²) in [6, 6.07) is 6.65. The van der Waals surface area contributed by atoms with Crippen molar-refractivity contribution in [2.45, 2.75) is 18.9 Å². The number of hydrogen-bond donors (Lipinski definition) is 1. The van der Waals surface area contributed by atoms with Gasteiger partial charge in [-0.3, -0.25) is 0 Å². The standard InChI is InChI=1S/C17H17N2O.C5H5.Fe/c1-20-13-7-9-14-12(10-13)6-8-15-16(18-19-17(14)15)11-4-2-3-5-11;1-2-4-5-3-1;/h2-5,7,9-10,15-16,18H,6,8H2,1H3;1-5H;/q;;+2. The number of ether oxygens (including phenoxy) is 1. The van der Waals surface area contributed by atoms with E-state index < -0.39 is 0 Å². The number of hydrazone groups is 1. The van der Waals surface area contributed by atoms with Crippen molar-refractivity contribution in [3.05, 3.63) is 93.0 Å². The normalized spacial score (nSPS) is 26.6. The summed E-state index contributed by atoms with van der Waals surface area (Å²) in [7, 11) is 1.72. The Bertz CT molecular complexity index is 613. The Morgan fingerprint density at radius 3 is 2.35 bits per heavy atom. The van der Waals surface area contributed by atoms with Crippen LogP contribution >= 0.6 is 0 Å². The van der Waals surface area contributed by atoms with Gasteiger partial charge in [-0.05, 0) is 94.4 Å². The largest absolute Gasteiger partial charge is 2.00 e. The molecule has 1 aromatic carbocycles. The first-order valence-electron chi connectivity index (χ1n) is 8.75. The molecule has 10 radical (unpaired) electrons. The number of aryl methyl sites for hydroxylation is 1. The van der Waals surface area contributed by atoms with E-state index in [4.69, 9.17) is 4.74 Å². The maximum Gasteiger partial charge on any atom is 2.00 e. The third kappa shape index (κ3) is 4.12. The first-order valence-corrected chi connectivity index (χ1v) is 8.75. The SMILES string of the molecule is COc1ccc2c(c1)CCC1C2=NNC1[C]1[CH][CH][CH][CH]1.[CH]1[CH][CH][CH][CH]1.[Fe+2]. The zero-order valence-electron chi connectivity index (χ0n) is 14.7. The number of nitrogens with zero attached hydrogens (tertiary/aromatic N) is 1. The quantitative estimate of drug-likeness (QED) is 0.791. The fraction of sp³-hybridized carbons (Fsp3) is 0.227. The summed E-state index contributed by atoms with van der Waals surface area (Å²) in [5, 5.41) is 4.62. The van der Waals surface area contributed by atoms with Crippen LogP contribution in [0.4, 0.5) is 0 Å². The monoisotopic (exact) mass is 386 g/mol. The van der Waals surface area contributed by atoms with Crippen LogP contribution in [0.5, 0.6) is 5.75 Å². The molecule has 2 fully saturated rings. The summed E-state index contributed by atoms with van der Waals surface area (Å²) < 4.78 is 5.32. The van der Waals surface area contributed by atoms with Gasteiger partial charge >= 0.3 is 17.1 Å². The fourth-order valence-electron chi connectivity index (χ4n) is 3.72. The molecule has 0 bridgehead atoms. The average molecular weight is 386 g/mol. The van der Waals surface area contributed by atoms with Gasteiger partial charge in [0.15, 0.2) is 0 Å². The van der Waals surface area contributed by atoms with E-state index in [-0.39, 0.29) is 17.1 Å². The first kappa shape index (κ1) is 19.8. The van der Waals surface area contributed by atoms with Crippen molar-refractivity contribution in [3.63, 3.8) is 0 Å². The molecule has 0 amide bonds. The minimum absolute atomic E-state index is 0. The van der Waals surface area contributed by atoms with Crippen molar-refractivity contribution in [2.24, 2.45) is 11.0 Å². The van der Waals surface area contributed by atoms with Crippen LogP contribution in [0, 0.1) is 69.6 Å². The average Bonchev–Trinajstić information content (AvgIpc) is 3.43. The molecule has 1 N–H and O–H groups in total. The van der Waals surface area contributed by atoms with Gasteiger partial charge < -0.3 is 10.2 Å². The smallest absolute Gasteiger partial charge is 0.497 e. The van der Waals surface area contributed by atoms with Crippen LogP contribution in [-0.2, 0) is 23.5 Å².